The van der Waals surface area contributed by atoms with Gasteiger partial charge in [-0.05, 0) is 72.8 Å². The molecule has 0 fully saturated rings. The Bertz CT molecular complexity index is 867. The predicted molar refractivity (Wildman–Crippen MR) is 121 cm³/mol. The van der Waals surface area contributed by atoms with Gasteiger partial charge in [-0.2, -0.15) is 11.3 Å². The van der Waals surface area contributed by atoms with Crippen molar-refractivity contribution in [2.45, 2.75) is 45.3 Å². The molecular formula is C23H28N2O3S. The molecular weight excluding hydrogens is 384 g/mol. The lowest BCUT2D eigenvalue weighted by Gasteiger charge is -2.23. The molecule has 29 heavy (non-hydrogen) atoms. The second-order valence-electron chi connectivity index (χ2n) is 7.59. The van der Waals surface area contributed by atoms with Crippen molar-refractivity contribution in [2.75, 3.05) is 5.32 Å². The molecule has 154 valence electrons. The van der Waals surface area contributed by atoms with E-state index >= 15 is 0 Å². The van der Waals surface area contributed by atoms with Crippen LogP contribution in [0.15, 0.2) is 48.2 Å². The molecule has 0 bridgehead atoms. The highest BCUT2D eigenvalue weighted by molar-refractivity contribution is 7.08. The molecule has 1 atom stereocenters. The maximum Gasteiger partial charge on any atom is 0.408 e. The molecule has 6 heteroatoms. The van der Waals surface area contributed by atoms with Crippen LogP contribution in [0.2, 0.25) is 0 Å². The fraction of sp³-hybridized carbons (Fsp3) is 0.304. The van der Waals surface area contributed by atoms with Crippen molar-refractivity contribution in [1.29, 1.82) is 0 Å². The van der Waals surface area contributed by atoms with Gasteiger partial charge in [-0.3, -0.25) is 4.79 Å². The van der Waals surface area contributed by atoms with E-state index in [0.29, 0.717) is 12.1 Å². The first-order valence-electron chi connectivity index (χ1n) is 9.42. The van der Waals surface area contributed by atoms with Crippen molar-refractivity contribution in [3.63, 3.8) is 0 Å². The molecule has 0 saturated carbocycles. The zero-order valence-electron chi connectivity index (χ0n) is 17.2. The van der Waals surface area contributed by atoms with E-state index in [1.165, 1.54) is 0 Å². The van der Waals surface area contributed by atoms with E-state index in [1.54, 1.807) is 23.5 Å². The summed E-state index contributed by atoms with van der Waals surface area (Å²) in [6.45, 7) is 13.0. The average molecular weight is 413 g/mol. The summed E-state index contributed by atoms with van der Waals surface area (Å²) >= 11 is 1.54. The van der Waals surface area contributed by atoms with Gasteiger partial charge in [-0.15, -0.1) is 0 Å². The van der Waals surface area contributed by atoms with Crippen LogP contribution in [-0.4, -0.2) is 17.6 Å². The minimum absolute atomic E-state index is 0.127. The van der Waals surface area contributed by atoms with Crippen molar-refractivity contribution < 1.29 is 14.3 Å². The Balaban J connectivity index is 1.99. The number of amides is 2. The highest BCUT2D eigenvalue weighted by Gasteiger charge is 2.21. The summed E-state index contributed by atoms with van der Waals surface area (Å²) in [5.41, 5.74) is 2.93. The van der Waals surface area contributed by atoms with Crippen LogP contribution in [0.1, 0.15) is 56.3 Å². The van der Waals surface area contributed by atoms with Crippen LogP contribution in [0.5, 0.6) is 0 Å². The van der Waals surface area contributed by atoms with Crippen molar-refractivity contribution >= 4 is 41.2 Å². The number of rotatable bonds is 8. The fourth-order valence-corrected chi connectivity index (χ4v) is 3.47. The number of hydrogen-bond donors (Lipinski definition) is 2. The van der Waals surface area contributed by atoms with Gasteiger partial charge in [0.05, 0.1) is 6.04 Å². The summed E-state index contributed by atoms with van der Waals surface area (Å²) in [6.07, 6.45) is 3.69. The van der Waals surface area contributed by atoms with Gasteiger partial charge >= 0.3 is 6.09 Å². The predicted octanol–water partition coefficient (Wildman–Crippen LogP) is 6.02. The minimum Gasteiger partial charge on any atom is -0.444 e. The van der Waals surface area contributed by atoms with E-state index in [4.69, 9.17) is 4.74 Å². The fourth-order valence-electron chi connectivity index (χ4n) is 2.76. The molecule has 1 unspecified atom stereocenters. The Morgan fingerprint density at radius 3 is 2.48 bits per heavy atom. The van der Waals surface area contributed by atoms with Crippen molar-refractivity contribution in [1.82, 2.24) is 5.32 Å². The number of thiophene rings is 1. The lowest BCUT2D eigenvalue weighted by atomic mass is 10.0. The highest BCUT2D eigenvalue weighted by atomic mass is 32.1. The maximum atomic E-state index is 12.5. The van der Waals surface area contributed by atoms with Gasteiger partial charge < -0.3 is 15.4 Å². The molecule has 0 radical (unpaired) electrons. The molecule has 1 aromatic carbocycles. The van der Waals surface area contributed by atoms with E-state index in [0.717, 1.165) is 16.7 Å². The molecule has 0 spiro atoms. The number of carbonyl (C=O) groups excluding carboxylic acids is 2. The van der Waals surface area contributed by atoms with Gasteiger partial charge in [0, 0.05) is 12.1 Å². The number of alkyl carbamates (subject to hydrolysis) is 1. The summed E-state index contributed by atoms with van der Waals surface area (Å²) in [5.74, 6) is -0.127. The second kappa shape index (κ2) is 10.1. The normalized spacial score (nSPS) is 12.0. The summed E-state index contributed by atoms with van der Waals surface area (Å²) in [5, 5.41) is 9.67. The van der Waals surface area contributed by atoms with Crippen LogP contribution < -0.4 is 10.6 Å². The van der Waals surface area contributed by atoms with Crippen LogP contribution in [-0.2, 0) is 9.53 Å². The first-order valence-corrected chi connectivity index (χ1v) is 10.4. The molecule has 2 aromatic rings. The van der Waals surface area contributed by atoms with Crippen LogP contribution >= 0.6 is 11.3 Å². The number of nitrogens with one attached hydrogen (secondary N) is 2. The number of anilines is 1. The molecule has 2 amide bonds. The van der Waals surface area contributed by atoms with Gasteiger partial charge in [0.2, 0.25) is 5.91 Å². The Kier molecular flexibility index (Phi) is 7.79. The first kappa shape index (κ1) is 22.4. The second-order valence-corrected chi connectivity index (χ2v) is 8.37. The summed E-state index contributed by atoms with van der Waals surface area (Å²) < 4.78 is 5.35. The largest absolute Gasteiger partial charge is 0.444 e. The summed E-state index contributed by atoms with van der Waals surface area (Å²) in [6, 6.07) is 7.22. The highest BCUT2D eigenvalue weighted by Crippen LogP contribution is 2.23. The van der Waals surface area contributed by atoms with Crippen LogP contribution in [0.4, 0.5) is 10.5 Å². The molecule has 5 nitrogen and oxygen atoms in total. The topological polar surface area (TPSA) is 67.4 Å². The van der Waals surface area contributed by atoms with E-state index in [9.17, 15) is 9.59 Å². The van der Waals surface area contributed by atoms with Gasteiger partial charge in [0.15, 0.2) is 0 Å². The molecule has 2 N–H and O–H groups in total. The molecule has 0 aliphatic rings. The zero-order valence-corrected chi connectivity index (χ0v) is 18.0. The summed E-state index contributed by atoms with van der Waals surface area (Å²) in [7, 11) is 0. The van der Waals surface area contributed by atoms with Crippen molar-refractivity contribution in [3.05, 3.63) is 64.9 Å². The standard InChI is InChI=1S/C23H28N2O3S/c1-6-16-8-9-19(14-17(16)7-2)24-21(26)11-10-20(18-12-13-29-15-18)25-22(27)28-23(3,4)5/h6-9,12-15,20H,1-2,10-11H2,3-5H3,(H,24,26)(H,25,27). The van der Waals surface area contributed by atoms with Gasteiger partial charge in [0.25, 0.3) is 0 Å². The Morgan fingerprint density at radius 2 is 1.90 bits per heavy atom. The third-order valence-corrected chi connectivity index (χ3v) is 4.81. The monoisotopic (exact) mass is 412 g/mol. The number of hydrogen-bond acceptors (Lipinski definition) is 4. The van der Waals surface area contributed by atoms with Crippen molar-refractivity contribution in [3.8, 4) is 0 Å². The Hall–Kier alpha value is -2.86. The minimum atomic E-state index is -0.582. The number of carbonyl (C=O) groups is 2. The number of ether oxygens (including phenoxy) is 1. The van der Waals surface area contributed by atoms with Gasteiger partial charge in [0.1, 0.15) is 5.60 Å². The maximum absolute atomic E-state index is 12.5. The summed E-state index contributed by atoms with van der Waals surface area (Å²) in [4.78, 5) is 24.6. The van der Waals surface area contributed by atoms with Crippen molar-refractivity contribution in [2.24, 2.45) is 0 Å². The van der Waals surface area contributed by atoms with E-state index in [2.05, 4.69) is 23.8 Å². The zero-order chi connectivity index (χ0) is 21.4. The lowest BCUT2D eigenvalue weighted by molar-refractivity contribution is -0.116. The van der Waals surface area contributed by atoms with Crippen LogP contribution in [0, 0.1) is 0 Å². The quantitative estimate of drug-likeness (QED) is 0.557. The molecule has 2 rings (SSSR count). The SMILES string of the molecule is C=Cc1ccc(NC(=O)CCC(NC(=O)OC(C)(C)C)c2ccsc2)cc1C=C. The molecule has 0 saturated heterocycles. The van der Waals surface area contributed by atoms with E-state index in [1.807, 2.05) is 55.8 Å². The average Bonchev–Trinajstić information content (AvgIpc) is 3.18. The molecule has 0 aliphatic heterocycles. The van der Waals surface area contributed by atoms with Gasteiger partial charge in [-0.1, -0.05) is 31.4 Å². The Morgan fingerprint density at radius 1 is 1.17 bits per heavy atom. The molecule has 0 aliphatic carbocycles. The third kappa shape index (κ3) is 7.23. The van der Waals surface area contributed by atoms with Gasteiger partial charge in [-0.25, -0.2) is 4.79 Å². The van der Waals surface area contributed by atoms with Crippen LogP contribution in [0.3, 0.4) is 0 Å². The Labute approximate surface area is 176 Å². The number of benzene rings is 1. The van der Waals surface area contributed by atoms with E-state index in [-0.39, 0.29) is 18.4 Å². The molecule has 1 heterocycles. The van der Waals surface area contributed by atoms with E-state index < -0.39 is 11.7 Å². The van der Waals surface area contributed by atoms with Crippen LogP contribution in [0.25, 0.3) is 12.2 Å². The first-order chi connectivity index (χ1) is 13.7. The smallest absolute Gasteiger partial charge is 0.408 e. The lowest BCUT2D eigenvalue weighted by Crippen LogP contribution is -2.35. The third-order valence-electron chi connectivity index (χ3n) is 4.11. The molecule has 1 aromatic heterocycles.